The molecule has 2 N–H and O–H groups in total. The van der Waals surface area contributed by atoms with E-state index in [1.807, 2.05) is 29.5 Å². The Hall–Kier alpha value is -1.81. The summed E-state index contributed by atoms with van der Waals surface area (Å²) in [6, 6.07) is 21.0. The lowest BCUT2D eigenvalue weighted by molar-refractivity contribution is 0.512. The van der Waals surface area contributed by atoms with Crippen LogP contribution in [0.1, 0.15) is 33.1 Å². The first-order chi connectivity index (χ1) is 11.2. The highest BCUT2D eigenvalue weighted by Gasteiger charge is 2.28. The lowest BCUT2D eigenvalue weighted by Gasteiger charge is -2.34. The molecule has 1 aromatic heterocycles. The molecule has 1 aliphatic rings. The van der Waals surface area contributed by atoms with Crippen molar-refractivity contribution in [2.24, 2.45) is 0 Å². The first kappa shape index (κ1) is 14.8. The Balaban J connectivity index is 1.79. The Morgan fingerprint density at radius 2 is 1.83 bits per heavy atom. The Kier molecular flexibility index (Phi) is 3.85. The molecular weight excluding hydrogens is 324 g/mol. The minimum atomic E-state index is 0.104. The Bertz CT molecular complexity index is 828. The molecule has 2 atom stereocenters. The average molecular weight is 341 g/mol. The Labute approximate surface area is 145 Å². The van der Waals surface area contributed by atoms with Crippen molar-refractivity contribution in [3.63, 3.8) is 0 Å². The molecule has 4 heteroatoms. The third-order valence-electron chi connectivity index (χ3n) is 4.14. The molecule has 0 saturated heterocycles. The van der Waals surface area contributed by atoms with E-state index in [-0.39, 0.29) is 12.2 Å². The second-order valence-electron chi connectivity index (χ2n) is 5.77. The molecule has 3 aromatic rings. The molecule has 0 aliphatic carbocycles. The molecule has 0 spiro atoms. The summed E-state index contributed by atoms with van der Waals surface area (Å²) in [6.07, 6.45) is 0.104. The van der Waals surface area contributed by atoms with Gasteiger partial charge in [0.2, 0.25) is 0 Å². The zero-order valence-electron chi connectivity index (χ0n) is 12.7. The van der Waals surface area contributed by atoms with Gasteiger partial charge in [0.15, 0.2) is 0 Å². The molecule has 0 bridgehead atoms. The fourth-order valence-corrected chi connectivity index (χ4v) is 4.11. The van der Waals surface area contributed by atoms with Crippen LogP contribution in [0.5, 0.6) is 0 Å². The second kappa shape index (κ2) is 6.00. The van der Waals surface area contributed by atoms with Crippen molar-refractivity contribution in [1.82, 2.24) is 5.32 Å². The van der Waals surface area contributed by atoms with Crippen LogP contribution in [0.4, 0.5) is 5.69 Å². The fraction of sp³-hybridized carbons (Fsp3) is 0.158. The summed E-state index contributed by atoms with van der Waals surface area (Å²) in [5.74, 6) is 0. The largest absolute Gasteiger partial charge is 0.365 e. The van der Waals surface area contributed by atoms with Crippen LogP contribution >= 0.6 is 22.9 Å². The molecule has 0 fully saturated rings. The predicted octanol–water partition coefficient (Wildman–Crippen LogP) is 5.51. The van der Waals surface area contributed by atoms with Crippen molar-refractivity contribution in [3.8, 4) is 0 Å². The summed E-state index contributed by atoms with van der Waals surface area (Å²) >= 11 is 8.05. The van der Waals surface area contributed by atoms with Gasteiger partial charge in [-0.05, 0) is 48.4 Å². The first-order valence-corrected chi connectivity index (χ1v) is 8.83. The summed E-state index contributed by atoms with van der Waals surface area (Å²) in [4.78, 5) is 2.62. The molecule has 2 aromatic carbocycles. The number of rotatable bonds is 2. The number of anilines is 1. The van der Waals surface area contributed by atoms with Crippen LogP contribution in [0.15, 0.2) is 60.7 Å². The summed E-state index contributed by atoms with van der Waals surface area (Å²) in [5, 5.41) is 8.08. The monoisotopic (exact) mass is 340 g/mol. The number of hydrogen-bond donors (Lipinski definition) is 2. The molecule has 0 radical (unpaired) electrons. The van der Waals surface area contributed by atoms with Gasteiger partial charge in [-0.1, -0.05) is 41.9 Å². The second-order valence-corrected chi connectivity index (χ2v) is 7.52. The van der Waals surface area contributed by atoms with Gasteiger partial charge in [-0.3, -0.25) is 5.32 Å². The van der Waals surface area contributed by atoms with Gasteiger partial charge in [-0.25, -0.2) is 0 Å². The highest BCUT2D eigenvalue weighted by Crippen LogP contribution is 2.39. The van der Waals surface area contributed by atoms with E-state index < -0.39 is 0 Å². The van der Waals surface area contributed by atoms with Crippen LogP contribution < -0.4 is 10.6 Å². The molecule has 0 saturated carbocycles. The normalized spacial score (nSPS) is 19.9. The van der Waals surface area contributed by atoms with E-state index in [0.29, 0.717) is 0 Å². The highest BCUT2D eigenvalue weighted by atomic mass is 35.5. The van der Waals surface area contributed by atoms with Gasteiger partial charge in [-0.2, -0.15) is 0 Å². The molecule has 2 nitrogen and oxygen atoms in total. The lowest BCUT2D eigenvalue weighted by atomic mass is 9.94. The third-order valence-corrected chi connectivity index (χ3v) is 5.44. The van der Waals surface area contributed by atoms with Crippen molar-refractivity contribution in [3.05, 3.63) is 86.6 Å². The van der Waals surface area contributed by atoms with Crippen molar-refractivity contribution in [1.29, 1.82) is 0 Å². The quantitative estimate of drug-likeness (QED) is 0.642. The standard InChI is InChI=1S/C19H17ClN2S/c1-12-7-10-17(23-12)19-21-16-9-8-14(20)11-15(16)18(22-19)13-5-3-2-4-6-13/h2-11,18-19,21-22H,1H3/t18-,19+/m1/s1. The van der Waals surface area contributed by atoms with Gasteiger partial charge in [0.1, 0.15) is 6.17 Å². The van der Waals surface area contributed by atoms with Crippen LogP contribution in [0.25, 0.3) is 0 Å². The fourth-order valence-electron chi connectivity index (χ4n) is 3.04. The molecule has 0 unspecified atom stereocenters. The van der Waals surface area contributed by atoms with Crippen molar-refractivity contribution >= 4 is 28.6 Å². The minimum Gasteiger partial charge on any atom is -0.365 e. The van der Waals surface area contributed by atoms with Crippen LogP contribution in [-0.4, -0.2) is 0 Å². The molecular formula is C19H17ClN2S. The zero-order valence-corrected chi connectivity index (χ0v) is 14.3. The molecule has 23 heavy (non-hydrogen) atoms. The number of nitrogens with one attached hydrogen (secondary N) is 2. The number of benzene rings is 2. The molecule has 116 valence electrons. The third kappa shape index (κ3) is 2.88. The van der Waals surface area contributed by atoms with E-state index in [1.165, 1.54) is 20.9 Å². The van der Waals surface area contributed by atoms with Crippen LogP contribution in [0, 0.1) is 6.92 Å². The molecule has 0 amide bonds. The van der Waals surface area contributed by atoms with E-state index in [1.54, 1.807) is 0 Å². The van der Waals surface area contributed by atoms with E-state index in [2.05, 4.69) is 60.0 Å². The van der Waals surface area contributed by atoms with Crippen molar-refractivity contribution in [2.45, 2.75) is 19.1 Å². The first-order valence-electron chi connectivity index (χ1n) is 7.64. The van der Waals surface area contributed by atoms with Crippen LogP contribution in [0.3, 0.4) is 0 Å². The van der Waals surface area contributed by atoms with Gasteiger partial charge in [0, 0.05) is 20.5 Å². The van der Waals surface area contributed by atoms with E-state index in [9.17, 15) is 0 Å². The van der Waals surface area contributed by atoms with Gasteiger partial charge in [0.25, 0.3) is 0 Å². The number of hydrogen-bond acceptors (Lipinski definition) is 3. The predicted molar refractivity (Wildman–Crippen MR) is 98.3 cm³/mol. The lowest BCUT2D eigenvalue weighted by Crippen LogP contribution is -2.36. The van der Waals surface area contributed by atoms with Crippen LogP contribution in [-0.2, 0) is 0 Å². The summed E-state index contributed by atoms with van der Waals surface area (Å²) < 4.78 is 0. The van der Waals surface area contributed by atoms with E-state index in [4.69, 9.17) is 11.6 Å². The maximum Gasteiger partial charge on any atom is 0.113 e. The Morgan fingerprint density at radius 1 is 1.00 bits per heavy atom. The minimum absolute atomic E-state index is 0.104. The summed E-state index contributed by atoms with van der Waals surface area (Å²) in [7, 11) is 0. The van der Waals surface area contributed by atoms with E-state index >= 15 is 0 Å². The van der Waals surface area contributed by atoms with Gasteiger partial charge in [-0.15, -0.1) is 11.3 Å². The molecule has 4 rings (SSSR count). The molecule has 2 heterocycles. The maximum absolute atomic E-state index is 6.23. The topological polar surface area (TPSA) is 24.1 Å². The van der Waals surface area contributed by atoms with Gasteiger partial charge >= 0.3 is 0 Å². The van der Waals surface area contributed by atoms with Crippen molar-refractivity contribution < 1.29 is 0 Å². The number of thiophene rings is 1. The van der Waals surface area contributed by atoms with Gasteiger partial charge in [0.05, 0.1) is 6.04 Å². The maximum atomic E-state index is 6.23. The smallest absolute Gasteiger partial charge is 0.113 e. The number of halogens is 1. The summed E-state index contributed by atoms with van der Waals surface area (Å²) in [6.45, 7) is 2.14. The number of fused-ring (bicyclic) bond motifs is 1. The summed E-state index contributed by atoms with van der Waals surface area (Å²) in [5.41, 5.74) is 3.57. The molecule has 1 aliphatic heterocycles. The Morgan fingerprint density at radius 3 is 2.57 bits per heavy atom. The SMILES string of the molecule is Cc1ccc([C@H]2Nc3ccc(Cl)cc3[C@@H](c3ccccc3)N2)s1. The zero-order chi connectivity index (χ0) is 15.8. The average Bonchev–Trinajstić information content (AvgIpc) is 3.01. The van der Waals surface area contributed by atoms with Crippen molar-refractivity contribution in [2.75, 3.05) is 5.32 Å². The van der Waals surface area contributed by atoms with E-state index in [0.717, 1.165) is 10.7 Å². The van der Waals surface area contributed by atoms with Crippen LogP contribution in [0.2, 0.25) is 5.02 Å². The highest BCUT2D eigenvalue weighted by molar-refractivity contribution is 7.12. The number of aryl methyl sites for hydroxylation is 1. The van der Waals surface area contributed by atoms with Gasteiger partial charge < -0.3 is 5.32 Å².